The second-order valence-corrected chi connectivity index (χ2v) is 4.43. The highest BCUT2D eigenvalue weighted by atomic mass is 79.9. The van der Waals surface area contributed by atoms with Gasteiger partial charge in [0.15, 0.2) is 0 Å². The lowest BCUT2D eigenvalue weighted by atomic mass is 10.1. The van der Waals surface area contributed by atoms with Crippen molar-refractivity contribution >= 4 is 21.8 Å². The van der Waals surface area contributed by atoms with Gasteiger partial charge in [0.1, 0.15) is 5.82 Å². The zero-order chi connectivity index (χ0) is 12.1. The molecular weight excluding hydrogens is 277 g/mol. The van der Waals surface area contributed by atoms with E-state index in [1.807, 2.05) is 0 Å². The molecule has 3 nitrogen and oxygen atoms in total. The van der Waals surface area contributed by atoms with E-state index in [-0.39, 0.29) is 30.8 Å². The molecule has 88 valence electrons. The first-order chi connectivity index (χ1) is 7.52. The summed E-state index contributed by atoms with van der Waals surface area (Å²) >= 11 is 3.05. The number of aliphatic hydroxyl groups excluding tert-OH is 1. The Kier molecular flexibility index (Phi) is 4.89. The summed E-state index contributed by atoms with van der Waals surface area (Å²) in [5, 5.41) is 11.4. The lowest BCUT2D eigenvalue weighted by Crippen LogP contribution is -2.35. The minimum atomic E-state index is -0.354. The van der Waals surface area contributed by atoms with Crippen LogP contribution in [-0.2, 0) is 11.2 Å². The van der Waals surface area contributed by atoms with Crippen molar-refractivity contribution in [3.63, 3.8) is 0 Å². The van der Waals surface area contributed by atoms with E-state index in [9.17, 15) is 9.18 Å². The molecule has 0 heterocycles. The number of rotatable bonds is 4. The van der Waals surface area contributed by atoms with Gasteiger partial charge in [0.25, 0.3) is 0 Å². The first kappa shape index (κ1) is 13.1. The van der Waals surface area contributed by atoms with Crippen molar-refractivity contribution in [2.24, 2.45) is 0 Å². The maximum Gasteiger partial charge on any atom is 0.224 e. The van der Waals surface area contributed by atoms with Crippen molar-refractivity contribution in [1.29, 1.82) is 0 Å². The summed E-state index contributed by atoms with van der Waals surface area (Å²) in [6, 6.07) is 4.17. The van der Waals surface area contributed by atoms with Crippen LogP contribution in [0.4, 0.5) is 4.39 Å². The molecule has 0 bridgehead atoms. The minimum Gasteiger partial charge on any atom is -0.394 e. The van der Waals surface area contributed by atoms with Crippen LogP contribution in [0, 0.1) is 5.82 Å². The van der Waals surface area contributed by atoms with Gasteiger partial charge in [0.05, 0.1) is 17.5 Å². The van der Waals surface area contributed by atoms with E-state index in [1.165, 1.54) is 6.07 Å². The Labute approximate surface area is 102 Å². The lowest BCUT2D eigenvalue weighted by molar-refractivity contribution is -0.121. The molecule has 5 heteroatoms. The number of carbonyl (C=O) groups is 1. The van der Waals surface area contributed by atoms with Crippen LogP contribution in [0.25, 0.3) is 0 Å². The predicted molar refractivity (Wildman–Crippen MR) is 62.5 cm³/mol. The highest BCUT2D eigenvalue weighted by molar-refractivity contribution is 9.10. The molecule has 16 heavy (non-hydrogen) atoms. The fourth-order valence-corrected chi connectivity index (χ4v) is 1.63. The second-order valence-electron chi connectivity index (χ2n) is 3.58. The molecule has 0 aliphatic rings. The maximum atomic E-state index is 12.9. The van der Waals surface area contributed by atoms with Crippen molar-refractivity contribution in [2.75, 3.05) is 6.61 Å². The first-order valence-corrected chi connectivity index (χ1v) is 5.66. The zero-order valence-corrected chi connectivity index (χ0v) is 10.4. The quantitative estimate of drug-likeness (QED) is 0.885. The van der Waals surface area contributed by atoms with Crippen molar-refractivity contribution in [3.8, 4) is 0 Å². The smallest absolute Gasteiger partial charge is 0.224 e. The Morgan fingerprint density at radius 3 is 2.88 bits per heavy atom. The number of hydrogen-bond acceptors (Lipinski definition) is 2. The molecule has 0 aromatic heterocycles. The molecule has 1 atom stereocenters. The topological polar surface area (TPSA) is 49.3 Å². The molecular formula is C11H13BrFNO2. The molecule has 1 rings (SSSR count). The monoisotopic (exact) mass is 289 g/mol. The van der Waals surface area contributed by atoms with Gasteiger partial charge in [0, 0.05) is 6.04 Å². The zero-order valence-electron chi connectivity index (χ0n) is 8.84. The van der Waals surface area contributed by atoms with Crippen molar-refractivity contribution in [3.05, 3.63) is 34.1 Å². The average molecular weight is 290 g/mol. The van der Waals surface area contributed by atoms with E-state index in [4.69, 9.17) is 5.11 Å². The normalized spacial score (nSPS) is 12.2. The SMILES string of the molecule is CC(CO)NC(=O)Cc1ccc(F)c(Br)c1. The molecule has 1 unspecified atom stereocenters. The lowest BCUT2D eigenvalue weighted by Gasteiger charge is -2.10. The van der Waals surface area contributed by atoms with E-state index >= 15 is 0 Å². The van der Waals surface area contributed by atoms with E-state index in [2.05, 4.69) is 21.2 Å². The molecule has 0 saturated carbocycles. The van der Waals surface area contributed by atoms with Crippen molar-refractivity contribution in [2.45, 2.75) is 19.4 Å². The maximum absolute atomic E-state index is 12.9. The Hall–Kier alpha value is -0.940. The van der Waals surface area contributed by atoms with Gasteiger partial charge < -0.3 is 10.4 Å². The molecule has 1 aromatic rings. The average Bonchev–Trinajstić information content (AvgIpc) is 2.23. The first-order valence-electron chi connectivity index (χ1n) is 4.87. The number of hydrogen-bond donors (Lipinski definition) is 2. The Balaban J connectivity index is 2.59. The van der Waals surface area contributed by atoms with E-state index < -0.39 is 0 Å². The molecule has 1 aromatic carbocycles. The van der Waals surface area contributed by atoms with Gasteiger partial charge in [-0.3, -0.25) is 4.79 Å². The van der Waals surface area contributed by atoms with Gasteiger partial charge in [-0.05, 0) is 40.5 Å². The van der Waals surface area contributed by atoms with Crippen LogP contribution in [0.2, 0.25) is 0 Å². The molecule has 0 radical (unpaired) electrons. The number of benzene rings is 1. The summed E-state index contributed by atoms with van der Waals surface area (Å²) in [5.74, 6) is -0.548. The van der Waals surface area contributed by atoms with Crippen LogP contribution in [0.15, 0.2) is 22.7 Å². The molecule has 0 saturated heterocycles. The van der Waals surface area contributed by atoms with Crippen molar-refractivity contribution in [1.82, 2.24) is 5.32 Å². The Bertz CT molecular complexity index is 384. The van der Waals surface area contributed by atoms with Gasteiger partial charge >= 0.3 is 0 Å². The van der Waals surface area contributed by atoms with Gasteiger partial charge in [-0.15, -0.1) is 0 Å². The molecule has 0 fully saturated rings. The van der Waals surface area contributed by atoms with Gasteiger partial charge in [-0.25, -0.2) is 4.39 Å². The van der Waals surface area contributed by atoms with Crippen LogP contribution in [0.1, 0.15) is 12.5 Å². The van der Waals surface area contributed by atoms with Crippen LogP contribution >= 0.6 is 15.9 Å². The fourth-order valence-electron chi connectivity index (χ4n) is 1.21. The summed E-state index contributed by atoms with van der Waals surface area (Å²) in [5.41, 5.74) is 0.718. The van der Waals surface area contributed by atoms with Gasteiger partial charge in [0.2, 0.25) is 5.91 Å². The summed E-state index contributed by atoms with van der Waals surface area (Å²) in [6.07, 6.45) is 0.170. The van der Waals surface area contributed by atoms with E-state index in [1.54, 1.807) is 19.1 Å². The number of halogens is 2. The van der Waals surface area contributed by atoms with Crippen molar-refractivity contribution < 1.29 is 14.3 Å². The number of aliphatic hydroxyl groups is 1. The third-order valence-corrected chi connectivity index (χ3v) is 2.64. The molecule has 1 amide bonds. The molecule has 0 spiro atoms. The Morgan fingerprint density at radius 1 is 1.62 bits per heavy atom. The number of nitrogens with one attached hydrogen (secondary N) is 1. The predicted octanol–water partition coefficient (Wildman–Crippen LogP) is 1.63. The summed E-state index contributed by atoms with van der Waals surface area (Å²) < 4.78 is 13.3. The summed E-state index contributed by atoms with van der Waals surface area (Å²) in [7, 11) is 0. The number of amides is 1. The number of carbonyl (C=O) groups excluding carboxylic acids is 1. The van der Waals surface area contributed by atoms with E-state index in [0.717, 1.165) is 5.56 Å². The third-order valence-electron chi connectivity index (χ3n) is 2.03. The van der Waals surface area contributed by atoms with Crippen LogP contribution in [-0.4, -0.2) is 23.7 Å². The largest absolute Gasteiger partial charge is 0.394 e. The summed E-state index contributed by atoms with van der Waals surface area (Å²) in [6.45, 7) is 1.61. The van der Waals surface area contributed by atoms with Crippen LogP contribution < -0.4 is 5.32 Å². The summed E-state index contributed by atoms with van der Waals surface area (Å²) in [4.78, 5) is 11.4. The van der Waals surface area contributed by atoms with Gasteiger partial charge in [-0.1, -0.05) is 6.07 Å². The molecule has 0 aliphatic carbocycles. The fraction of sp³-hybridized carbons (Fsp3) is 0.364. The molecule has 2 N–H and O–H groups in total. The highest BCUT2D eigenvalue weighted by Crippen LogP contribution is 2.17. The molecule has 0 aliphatic heterocycles. The second kappa shape index (κ2) is 5.96. The standard InChI is InChI=1S/C11H13BrFNO2/c1-7(6-15)14-11(16)5-8-2-3-10(13)9(12)4-8/h2-4,7,15H,5-6H2,1H3,(H,14,16). The highest BCUT2D eigenvalue weighted by Gasteiger charge is 2.08. The van der Waals surface area contributed by atoms with Crippen LogP contribution in [0.3, 0.4) is 0 Å². The van der Waals surface area contributed by atoms with E-state index in [0.29, 0.717) is 4.47 Å². The minimum absolute atomic E-state index is 0.0984. The van der Waals surface area contributed by atoms with Gasteiger partial charge in [-0.2, -0.15) is 0 Å². The third kappa shape index (κ3) is 3.90. The van der Waals surface area contributed by atoms with Crippen LogP contribution in [0.5, 0.6) is 0 Å². The Morgan fingerprint density at radius 2 is 2.31 bits per heavy atom.